The maximum absolute atomic E-state index is 12.1. The van der Waals surface area contributed by atoms with Crippen LogP contribution in [-0.2, 0) is 11.2 Å². The second kappa shape index (κ2) is 9.88. The van der Waals surface area contributed by atoms with Crippen molar-refractivity contribution in [2.45, 2.75) is 6.42 Å². The molecule has 134 valence electrons. The van der Waals surface area contributed by atoms with Crippen LogP contribution in [0.1, 0.15) is 16.7 Å². The van der Waals surface area contributed by atoms with Gasteiger partial charge in [-0.1, -0.05) is 60.7 Å². The molecule has 0 N–H and O–H groups in total. The van der Waals surface area contributed by atoms with Gasteiger partial charge >= 0.3 is 0 Å². The molecule has 3 nitrogen and oxygen atoms in total. The van der Waals surface area contributed by atoms with E-state index in [1.165, 1.54) is 0 Å². The SMILES string of the molecule is O=C(C=Cc1cccc(OCC=Cc2ccccc2)c1)Cc1cccnc1. The van der Waals surface area contributed by atoms with Gasteiger partial charge in [0.25, 0.3) is 0 Å². The van der Waals surface area contributed by atoms with Crippen molar-refractivity contribution >= 4 is 17.9 Å². The number of nitrogens with zero attached hydrogens (tertiary/aromatic N) is 1. The fourth-order valence-corrected chi connectivity index (χ4v) is 2.55. The van der Waals surface area contributed by atoms with Crippen LogP contribution in [0.5, 0.6) is 5.75 Å². The zero-order chi connectivity index (χ0) is 18.7. The van der Waals surface area contributed by atoms with Gasteiger partial charge in [0.1, 0.15) is 12.4 Å². The number of allylic oxidation sites excluding steroid dienone is 1. The van der Waals surface area contributed by atoms with E-state index in [-0.39, 0.29) is 5.78 Å². The molecule has 3 rings (SSSR count). The average molecular weight is 355 g/mol. The van der Waals surface area contributed by atoms with E-state index in [9.17, 15) is 4.79 Å². The third-order valence-electron chi connectivity index (χ3n) is 3.88. The fraction of sp³-hybridized carbons (Fsp3) is 0.0833. The molecule has 0 saturated heterocycles. The van der Waals surface area contributed by atoms with E-state index >= 15 is 0 Å². The van der Waals surface area contributed by atoms with Gasteiger partial charge in [-0.3, -0.25) is 9.78 Å². The van der Waals surface area contributed by atoms with Crippen molar-refractivity contribution in [2.24, 2.45) is 0 Å². The smallest absolute Gasteiger partial charge is 0.160 e. The van der Waals surface area contributed by atoms with E-state index in [0.29, 0.717) is 13.0 Å². The van der Waals surface area contributed by atoms with E-state index in [1.807, 2.05) is 85.0 Å². The normalized spacial score (nSPS) is 11.1. The van der Waals surface area contributed by atoms with Crippen LogP contribution < -0.4 is 4.74 Å². The van der Waals surface area contributed by atoms with E-state index in [2.05, 4.69) is 4.98 Å². The van der Waals surface area contributed by atoms with Crippen LogP contribution in [0.2, 0.25) is 0 Å². The highest BCUT2D eigenvalue weighted by Gasteiger charge is 2.00. The molecule has 0 fully saturated rings. The van der Waals surface area contributed by atoms with Crippen molar-refractivity contribution in [1.29, 1.82) is 0 Å². The lowest BCUT2D eigenvalue weighted by molar-refractivity contribution is -0.113. The number of hydrogen-bond donors (Lipinski definition) is 0. The first-order chi connectivity index (χ1) is 13.3. The van der Waals surface area contributed by atoms with Crippen molar-refractivity contribution in [3.8, 4) is 5.75 Å². The minimum Gasteiger partial charge on any atom is -0.490 e. The molecule has 0 amide bonds. The van der Waals surface area contributed by atoms with Crippen molar-refractivity contribution in [1.82, 2.24) is 4.98 Å². The number of hydrogen-bond acceptors (Lipinski definition) is 3. The van der Waals surface area contributed by atoms with Crippen LogP contribution in [0.25, 0.3) is 12.2 Å². The average Bonchev–Trinajstić information content (AvgIpc) is 2.72. The van der Waals surface area contributed by atoms with Gasteiger partial charge < -0.3 is 4.74 Å². The van der Waals surface area contributed by atoms with Gasteiger partial charge in [-0.2, -0.15) is 0 Å². The standard InChI is InChI=1S/C24H21NO2/c26-23(17-22-10-5-15-25-19-22)14-13-21-9-4-12-24(18-21)27-16-6-11-20-7-2-1-3-8-20/h1-15,18-19H,16-17H2. The van der Waals surface area contributed by atoms with Gasteiger partial charge in [-0.15, -0.1) is 0 Å². The topological polar surface area (TPSA) is 39.2 Å². The molecule has 3 heteroatoms. The van der Waals surface area contributed by atoms with E-state index in [1.54, 1.807) is 18.5 Å². The van der Waals surface area contributed by atoms with Crippen LogP contribution in [0.15, 0.2) is 91.3 Å². The molecule has 0 unspecified atom stereocenters. The van der Waals surface area contributed by atoms with Crippen molar-refractivity contribution < 1.29 is 9.53 Å². The summed E-state index contributed by atoms with van der Waals surface area (Å²) in [6.07, 6.45) is 11.2. The molecule has 0 aliphatic rings. The number of ketones is 1. The summed E-state index contributed by atoms with van der Waals surface area (Å²) in [5, 5.41) is 0. The largest absolute Gasteiger partial charge is 0.490 e. The minimum atomic E-state index is 0.0418. The maximum Gasteiger partial charge on any atom is 0.160 e. The molecule has 0 saturated carbocycles. The zero-order valence-electron chi connectivity index (χ0n) is 15.0. The quantitative estimate of drug-likeness (QED) is 0.534. The molecule has 3 aromatic rings. The summed E-state index contributed by atoms with van der Waals surface area (Å²) in [5.74, 6) is 0.815. The second-order valence-corrected chi connectivity index (χ2v) is 6.03. The summed E-state index contributed by atoms with van der Waals surface area (Å²) in [6, 6.07) is 21.5. The lowest BCUT2D eigenvalue weighted by Gasteiger charge is -2.04. The first-order valence-corrected chi connectivity index (χ1v) is 8.84. The minimum absolute atomic E-state index is 0.0418. The van der Waals surface area contributed by atoms with Gasteiger partial charge in [0, 0.05) is 18.8 Å². The van der Waals surface area contributed by atoms with E-state index < -0.39 is 0 Å². The Balaban J connectivity index is 1.52. The van der Waals surface area contributed by atoms with Gasteiger partial charge in [0.05, 0.1) is 0 Å². The Morgan fingerprint density at radius 1 is 0.926 bits per heavy atom. The second-order valence-electron chi connectivity index (χ2n) is 6.03. The molecule has 1 aromatic heterocycles. The summed E-state index contributed by atoms with van der Waals surface area (Å²) < 4.78 is 5.76. The fourth-order valence-electron chi connectivity index (χ4n) is 2.55. The van der Waals surface area contributed by atoms with Gasteiger partial charge in [0.15, 0.2) is 5.78 Å². The van der Waals surface area contributed by atoms with Crippen LogP contribution in [0.3, 0.4) is 0 Å². The first-order valence-electron chi connectivity index (χ1n) is 8.84. The Kier molecular flexibility index (Phi) is 6.71. The lowest BCUT2D eigenvalue weighted by atomic mass is 10.1. The van der Waals surface area contributed by atoms with Crippen LogP contribution in [-0.4, -0.2) is 17.4 Å². The molecular weight excluding hydrogens is 334 g/mol. The summed E-state index contributed by atoms with van der Waals surface area (Å²) in [4.78, 5) is 16.1. The molecule has 0 aliphatic carbocycles. The summed E-state index contributed by atoms with van der Waals surface area (Å²) in [5.41, 5.74) is 2.98. The Labute approximate surface area is 159 Å². The Morgan fingerprint density at radius 2 is 1.78 bits per heavy atom. The third-order valence-corrected chi connectivity index (χ3v) is 3.88. The summed E-state index contributed by atoms with van der Waals surface area (Å²) in [6.45, 7) is 0.488. The third kappa shape index (κ3) is 6.40. The zero-order valence-corrected chi connectivity index (χ0v) is 15.0. The molecule has 0 radical (unpaired) electrons. The Hall–Kier alpha value is -3.46. The summed E-state index contributed by atoms with van der Waals surface area (Å²) >= 11 is 0. The number of carbonyl (C=O) groups excluding carboxylic acids is 1. The van der Waals surface area contributed by atoms with Crippen molar-refractivity contribution in [3.63, 3.8) is 0 Å². The lowest BCUT2D eigenvalue weighted by Crippen LogP contribution is -1.98. The van der Waals surface area contributed by atoms with E-state index in [0.717, 1.165) is 22.4 Å². The molecule has 1 heterocycles. The molecular formula is C24H21NO2. The molecule has 0 bridgehead atoms. The highest BCUT2D eigenvalue weighted by atomic mass is 16.5. The predicted molar refractivity (Wildman–Crippen MR) is 109 cm³/mol. The van der Waals surface area contributed by atoms with Gasteiger partial charge in [0.2, 0.25) is 0 Å². The molecule has 0 aliphatic heterocycles. The first kappa shape index (κ1) is 18.3. The summed E-state index contributed by atoms with van der Waals surface area (Å²) in [7, 11) is 0. The molecule has 2 aromatic carbocycles. The van der Waals surface area contributed by atoms with Crippen LogP contribution >= 0.6 is 0 Å². The number of benzene rings is 2. The maximum atomic E-state index is 12.1. The van der Waals surface area contributed by atoms with Gasteiger partial charge in [-0.05, 0) is 47.0 Å². The predicted octanol–water partition coefficient (Wildman–Crippen LogP) is 5.00. The number of rotatable bonds is 8. The molecule has 0 spiro atoms. The van der Waals surface area contributed by atoms with Crippen molar-refractivity contribution in [2.75, 3.05) is 6.61 Å². The Morgan fingerprint density at radius 3 is 2.59 bits per heavy atom. The monoisotopic (exact) mass is 355 g/mol. The number of carbonyl (C=O) groups is 1. The van der Waals surface area contributed by atoms with Crippen molar-refractivity contribution in [3.05, 3.63) is 108 Å². The number of ether oxygens (including phenoxy) is 1. The van der Waals surface area contributed by atoms with Gasteiger partial charge in [-0.25, -0.2) is 0 Å². The Bertz CT molecular complexity index is 915. The molecule has 27 heavy (non-hydrogen) atoms. The van der Waals surface area contributed by atoms with E-state index in [4.69, 9.17) is 4.74 Å². The molecule has 0 atom stereocenters. The van der Waals surface area contributed by atoms with Crippen LogP contribution in [0.4, 0.5) is 0 Å². The highest BCUT2D eigenvalue weighted by molar-refractivity contribution is 5.95. The number of aromatic nitrogens is 1. The van der Waals surface area contributed by atoms with Crippen LogP contribution in [0, 0.1) is 0 Å². The highest BCUT2D eigenvalue weighted by Crippen LogP contribution is 2.15. The number of pyridine rings is 1.